The summed E-state index contributed by atoms with van der Waals surface area (Å²) in [5.41, 5.74) is 1.85. The number of nitrogens with one attached hydrogen (secondary N) is 1. The van der Waals surface area contributed by atoms with Gasteiger partial charge in [0.2, 0.25) is 5.88 Å². The molecule has 2 aliphatic heterocycles. The van der Waals surface area contributed by atoms with E-state index in [2.05, 4.69) is 27.0 Å². The summed E-state index contributed by atoms with van der Waals surface area (Å²) in [7, 11) is 1.64. The SMILES string of the molecule is CCN1CCCC1CNC(=O)c1ccc(N2Cc3cccc(OC)c3Oc3ncccc32)s1. The first-order valence-corrected chi connectivity index (χ1v) is 12.2. The topological polar surface area (TPSA) is 66.9 Å². The van der Waals surface area contributed by atoms with Crippen LogP contribution in [0.1, 0.15) is 35.0 Å². The average molecular weight is 465 g/mol. The zero-order chi connectivity index (χ0) is 22.8. The Labute approximate surface area is 198 Å². The fourth-order valence-corrected chi connectivity index (χ4v) is 5.55. The lowest BCUT2D eigenvalue weighted by molar-refractivity contribution is 0.0945. The number of pyridine rings is 1. The van der Waals surface area contributed by atoms with Gasteiger partial charge in [0.05, 0.1) is 23.5 Å². The number of anilines is 2. The summed E-state index contributed by atoms with van der Waals surface area (Å²) in [6.07, 6.45) is 4.06. The van der Waals surface area contributed by atoms with Gasteiger partial charge in [-0.2, -0.15) is 0 Å². The number of nitrogens with zero attached hydrogens (tertiary/aromatic N) is 3. The smallest absolute Gasteiger partial charge is 0.261 e. The van der Waals surface area contributed by atoms with E-state index in [1.165, 1.54) is 17.8 Å². The summed E-state index contributed by atoms with van der Waals surface area (Å²) in [4.78, 5) is 22.6. The van der Waals surface area contributed by atoms with Crippen LogP contribution in [0.4, 0.5) is 10.7 Å². The molecule has 0 saturated carbocycles. The first-order chi connectivity index (χ1) is 16.2. The van der Waals surface area contributed by atoms with Crippen LogP contribution >= 0.6 is 11.3 Å². The van der Waals surface area contributed by atoms with Gasteiger partial charge in [-0.05, 0) is 56.3 Å². The molecule has 0 aliphatic carbocycles. The van der Waals surface area contributed by atoms with Crippen molar-refractivity contribution in [3.05, 3.63) is 59.1 Å². The van der Waals surface area contributed by atoms with Crippen LogP contribution in [-0.2, 0) is 6.54 Å². The molecule has 1 saturated heterocycles. The number of benzene rings is 1. The molecule has 1 N–H and O–H groups in total. The summed E-state index contributed by atoms with van der Waals surface area (Å²) in [5, 5.41) is 4.10. The molecule has 4 heterocycles. The number of likely N-dealkylation sites (N-methyl/N-ethyl adjacent to an activating group) is 1. The van der Waals surface area contributed by atoms with E-state index < -0.39 is 0 Å². The minimum atomic E-state index is -0.0197. The van der Waals surface area contributed by atoms with E-state index in [4.69, 9.17) is 9.47 Å². The van der Waals surface area contributed by atoms with E-state index in [0.717, 1.165) is 35.8 Å². The molecule has 1 fully saturated rings. The summed E-state index contributed by atoms with van der Waals surface area (Å²) in [6.45, 7) is 5.60. The maximum Gasteiger partial charge on any atom is 0.261 e. The van der Waals surface area contributed by atoms with Crippen molar-refractivity contribution in [1.29, 1.82) is 0 Å². The number of likely N-dealkylation sites (tertiary alicyclic amines) is 1. The van der Waals surface area contributed by atoms with Gasteiger partial charge in [-0.15, -0.1) is 11.3 Å². The monoisotopic (exact) mass is 464 g/mol. The summed E-state index contributed by atoms with van der Waals surface area (Å²) < 4.78 is 11.7. The molecule has 0 spiro atoms. The highest BCUT2D eigenvalue weighted by atomic mass is 32.1. The molecule has 3 aromatic rings. The normalized spacial score (nSPS) is 17.6. The van der Waals surface area contributed by atoms with Crippen LogP contribution in [0.15, 0.2) is 48.7 Å². The standard InChI is InChI=1S/C25H28N4O3S/c1-3-28-14-6-8-18(28)15-27-24(30)21-11-12-22(33-21)29-16-17-7-4-10-20(31-2)23(17)32-25-19(29)9-5-13-26-25/h4-5,7,9-13,18H,3,6,8,14-16H2,1-2H3,(H,27,30). The molecule has 2 aliphatic rings. The van der Waals surface area contributed by atoms with Gasteiger partial charge in [0.1, 0.15) is 5.69 Å². The first-order valence-electron chi connectivity index (χ1n) is 11.4. The maximum atomic E-state index is 12.9. The summed E-state index contributed by atoms with van der Waals surface area (Å²) in [5.74, 6) is 1.84. The average Bonchev–Trinajstić information content (AvgIpc) is 3.48. The van der Waals surface area contributed by atoms with Crippen LogP contribution in [0.3, 0.4) is 0 Å². The Balaban J connectivity index is 1.39. The molecule has 7 nitrogen and oxygen atoms in total. The van der Waals surface area contributed by atoms with Crippen molar-refractivity contribution in [3.63, 3.8) is 0 Å². The van der Waals surface area contributed by atoms with E-state index in [-0.39, 0.29) is 5.91 Å². The van der Waals surface area contributed by atoms with E-state index in [1.54, 1.807) is 13.3 Å². The lowest BCUT2D eigenvalue weighted by Gasteiger charge is -2.22. The highest BCUT2D eigenvalue weighted by Crippen LogP contribution is 2.46. The largest absolute Gasteiger partial charge is 0.493 e. The predicted molar refractivity (Wildman–Crippen MR) is 130 cm³/mol. The van der Waals surface area contributed by atoms with Gasteiger partial charge in [-0.3, -0.25) is 9.69 Å². The number of aromatic nitrogens is 1. The number of hydrogen-bond acceptors (Lipinski definition) is 7. The second kappa shape index (κ2) is 9.41. The number of carbonyl (C=O) groups is 1. The zero-order valence-electron chi connectivity index (χ0n) is 18.9. The fourth-order valence-electron chi connectivity index (χ4n) is 4.61. The number of para-hydroxylation sites is 1. The molecule has 0 radical (unpaired) electrons. The summed E-state index contributed by atoms with van der Waals surface area (Å²) >= 11 is 1.48. The molecule has 5 rings (SSSR count). The second-order valence-electron chi connectivity index (χ2n) is 8.24. The van der Waals surface area contributed by atoms with Crippen LogP contribution in [-0.4, -0.2) is 48.6 Å². The molecule has 1 unspecified atom stereocenters. The van der Waals surface area contributed by atoms with Crippen LogP contribution < -0.4 is 19.7 Å². The molecular formula is C25H28N4O3S. The lowest BCUT2D eigenvalue weighted by atomic mass is 10.1. The van der Waals surface area contributed by atoms with Gasteiger partial charge in [-0.1, -0.05) is 19.1 Å². The van der Waals surface area contributed by atoms with E-state index in [9.17, 15) is 4.79 Å². The van der Waals surface area contributed by atoms with Crippen molar-refractivity contribution in [2.24, 2.45) is 0 Å². The number of amides is 1. The predicted octanol–water partition coefficient (Wildman–Crippen LogP) is 4.81. The Morgan fingerprint density at radius 1 is 1.27 bits per heavy atom. The Bertz CT molecular complexity index is 1150. The molecule has 8 heteroatoms. The number of carbonyl (C=O) groups excluding carboxylic acids is 1. The maximum absolute atomic E-state index is 12.9. The van der Waals surface area contributed by atoms with Crippen molar-refractivity contribution < 1.29 is 14.3 Å². The molecule has 1 atom stereocenters. The van der Waals surface area contributed by atoms with Crippen molar-refractivity contribution in [2.75, 3.05) is 31.6 Å². The van der Waals surface area contributed by atoms with Crippen LogP contribution in [0.5, 0.6) is 17.4 Å². The highest BCUT2D eigenvalue weighted by molar-refractivity contribution is 7.18. The van der Waals surface area contributed by atoms with Gasteiger partial charge in [0, 0.05) is 24.3 Å². The van der Waals surface area contributed by atoms with Gasteiger partial charge in [0.25, 0.3) is 5.91 Å². The minimum absolute atomic E-state index is 0.0197. The van der Waals surface area contributed by atoms with E-state index in [1.807, 2.05) is 42.5 Å². The Morgan fingerprint density at radius 3 is 3.03 bits per heavy atom. The molecule has 172 valence electrons. The van der Waals surface area contributed by atoms with E-state index in [0.29, 0.717) is 41.4 Å². The number of fused-ring (bicyclic) bond motifs is 2. The highest BCUT2D eigenvalue weighted by Gasteiger charge is 2.27. The van der Waals surface area contributed by atoms with E-state index >= 15 is 0 Å². The molecule has 1 amide bonds. The minimum Gasteiger partial charge on any atom is -0.493 e. The van der Waals surface area contributed by atoms with Gasteiger partial charge >= 0.3 is 0 Å². The van der Waals surface area contributed by atoms with Crippen molar-refractivity contribution >= 4 is 27.9 Å². The van der Waals surface area contributed by atoms with Crippen molar-refractivity contribution in [3.8, 4) is 17.4 Å². The Morgan fingerprint density at radius 2 is 2.18 bits per heavy atom. The van der Waals surface area contributed by atoms with Gasteiger partial charge < -0.3 is 19.7 Å². The number of hydrogen-bond donors (Lipinski definition) is 1. The van der Waals surface area contributed by atoms with Crippen LogP contribution in [0.25, 0.3) is 0 Å². The van der Waals surface area contributed by atoms with Crippen LogP contribution in [0.2, 0.25) is 0 Å². The lowest BCUT2D eigenvalue weighted by Crippen LogP contribution is -2.39. The molecule has 2 aromatic heterocycles. The number of methoxy groups -OCH3 is 1. The quantitative estimate of drug-likeness (QED) is 0.565. The third kappa shape index (κ3) is 4.28. The van der Waals surface area contributed by atoms with Crippen molar-refractivity contribution in [1.82, 2.24) is 15.2 Å². The second-order valence-corrected chi connectivity index (χ2v) is 9.30. The Hall–Kier alpha value is -3.10. The molecule has 1 aromatic carbocycles. The fraction of sp³-hybridized carbons (Fsp3) is 0.360. The molecule has 0 bridgehead atoms. The summed E-state index contributed by atoms with van der Waals surface area (Å²) in [6, 6.07) is 14.1. The molecule has 33 heavy (non-hydrogen) atoms. The number of rotatable bonds is 6. The van der Waals surface area contributed by atoms with Crippen molar-refractivity contribution in [2.45, 2.75) is 32.4 Å². The Kier molecular flexibility index (Phi) is 6.20. The number of ether oxygens (including phenoxy) is 2. The first kappa shape index (κ1) is 21.7. The molecular weight excluding hydrogens is 436 g/mol. The van der Waals surface area contributed by atoms with Gasteiger partial charge in [0.15, 0.2) is 11.5 Å². The number of thiophene rings is 1. The third-order valence-electron chi connectivity index (χ3n) is 6.33. The van der Waals surface area contributed by atoms with Gasteiger partial charge in [-0.25, -0.2) is 4.98 Å². The van der Waals surface area contributed by atoms with Crippen LogP contribution in [0, 0.1) is 0 Å². The zero-order valence-corrected chi connectivity index (χ0v) is 19.7. The third-order valence-corrected chi connectivity index (χ3v) is 7.44.